The Balaban J connectivity index is 1.20. The van der Waals surface area contributed by atoms with Gasteiger partial charge < -0.3 is 19.3 Å². The van der Waals surface area contributed by atoms with Crippen molar-refractivity contribution in [3.8, 4) is 22.9 Å². The molecule has 0 aliphatic carbocycles. The summed E-state index contributed by atoms with van der Waals surface area (Å²) in [6.07, 6.45) is 5.22. The van der Waals surface area contributed by atoms with Crippen molar-refractivity contribution in [2.24, 2.45) is 0 Å². The largest absolute Gasteiger partial charge is 0.454 e. The van der Waals surface area contributed by atoms with Gasteiger partial charge in [0.05, 0.1) is 0 Å². The standard InChI is InChI=1S/C24H22N4O3/c29-23(9-7-18-6-8-20-21(16-18)31-17-30-20)28-14-12-27(13-15-28)22-10-11-25-24(26-22)19-4-2-1-3-5-19/h1-11,16H,12-15,17H2/b9-7+. The predicted molar refractivity (Wildman–Crippen MR) is 118 cm³/mol. The van der Waals surface area contributed by atoms with Gasteiger partial charge >= 0.3 is 0 Å². The van der Waals surface area contributed by atoms with Gasteiger partial charge in [-0.25, -0.2) is 9.97 Å². The van der Waals surface area contributed by atoms with Crippen LogP contribution in [0.15, 0.2) is 66.9 Å². The molecule has 3 aromatic rings. The van der Waals surface area contributed by atoms with E-state index in [2.05, 4.69) is 9.88 Å². The normalized spacial score (nSPS) is 15.5. The van der Waals surface area contributed by atoms with Crippen LogP contribution in [0.3, 0.4) is 0 Å². The van der Waals surface area contributed by atoms with Gasteiger partial charge in [-0.15, -0.1) is 0 Å². The molecule has 1 amide bonds. The van der Waals surface area contributed by atoms with E-state index < -0.39 is 0 Å². The lowest BCUT2D eigenvalue weighted by molar-refractivity contribution is -0.126. The van der Waals surface area contributed by atoms with Gasteiger partial charge in [-0.1, -0.05) is 36.4 Å². The summed E-state index contributed by atoms with van der Waals surface area (Å²) < 4.78 is 10.7. The summed E-state index contributed by atoms with van der Waals surface area (Å²) in [6.45, 7) is 3.00. The van der Waals surface area contributed by atoms with Gasteiger partial charge in [0, 0.05) is 44.0 Å². The molecule has 5 rings (SSSR count). The molecule has 0 saturated carbocycles. The van der Waals surface area contributed by atoms with E-state index in [0.717, 1.165) is 35.8 Å². The Morgan fingerprint density at radius 1 is 0.935 bits per heavy atom. The molecule has 156 valence electrons. The quantitative estimate of drug-likeness (QED) is 0.611. The second-order valence-electron chi connectivity index (χ2n) is 7.36. The highest BCUT2D eigenvalue weighted by Gasteiger charge is 2.21. The first-order valence-corrected chi connectivity index (χ1v) is 10.3. The molecule has 0 bridgehead atoms. The van der Waals surface area contributed by atoms with Crippen LogP contribution in [-0.4, -0.2) is 53.7 Å². The number of piperazine rings is 1. The van der Waals surface area contributed by atoms with Crippen LogP contribution in [0.1, 0.15) is 5.56 Å². The summed E-state index contributed by atoms with van der Waals surface area (Å²) in [5.74, 6) is 3.05. The van der Waals surface area contributed by atoms with E-state index in [4.69, 9.17) is 14.5 Å². The second kappa shape index (κ2) is 8.47. The molecule has 0 atom stereocenters. The molecule has 0 N–H and O–H groups in total. The van der Waals surface area contributed by atoms with Crippen molar-refractivity contribution < 1.29 is 14.3 Å². The number of hydrogen-bond donors (Lipinski definition) is 0. The second-order valence-corrected chi connectivity index (χ2v) is 7.36. The first-order valence-electron chi connectivity index (χ1n) is 10.3. The van der Waals surface area contributed by atoms with Crippen LogP contribution in [0.5, 0.6) is 11.5 Å². The van der Waals surface area contributed by atoms with Crippen LogP contribution in [-0.2, 0) is 4.79 Å². The van der Waals surface area contributed by atoms with Crippen molar-refractivity contribution in [3.05, 3.63) is 72.4 Å². The summed E-state index contributed by atoms with van der Waals surface area (Å²) in [5.41, 5.74) is 1.90. The van der Waals surface area contributed by atoms with E-state index in [0.29, 0.717) is 24.7 Å². The molecule has 0 radical (unpaired) electrons. The zero-order chi connectivity index (χ0) is 21.0. The lowest BCUT2D eigenvalue weighted by Crippen LogP contribution is -2.48. The Kier molecular flexibility index (Phi) is 5.22. The van der Waals surface area contributed by atoms with Gasteiger partial charge in [-0.3, -0.25) is 4.79 Å². The average Bonchev–Trinajstić information content (AvgIpc) is 3.31. The van der Waals surface area contributed by atoms with Crippen molar-refractivity contribution in [2.45, 2.75) is 0 Å². The third-order valence-electron chi connectivity index (χ3n) is 5.40. The molecule has 7 nitrogen and oxygen atoms in total. The van der Waals surface area contributed by atoms with Crippen LogP contribution in [0.2, 0.25) is 0 Å². The average molecular weight is 414 g/mol. The smallest absolute Gasteiger partial charge is 0.246 e. The molecule has 1 aromatic heterocycles. The Morgan fingerprint density at radius 3 is 2.58 bits per heavy atom. The highest BCUT2D eigenvalue weighted by Crippen LogP contribution is 2.32. The topological polar surface area (TPSA) is 67.8 Å². The molecule has 2 aliphatic rings. The summed E-state index contributed by atoms with van der Waals surface area (Å²) in [5, 5.41) is 0. The molecule has 1 saturated heterocycles. The van der Waals surface area contributed by atoms with Crippen LogP contribution < -0.4 is 14.4 Å². The molecule has 31 heavy (non-hydrogen) atoms. The fourth-order valence-electron chi connectivity index (χ4n) is 3.70. The molecule has 0 spiro atoms. The number of nitrogens with zero attached hydrogens (tertiary/aromatic N) is 4. The number of carbonyl (C=O) groups excluding carboxylic acids is 1. The Hall–Kier alpha value is -3.87. The summed E-state index contributed by atoms with van der Waals surface area (Å²) in [6, 6.07) is 17.5. The van der Waals surface area contributed by atoms with Crippen molar-refractivity contribution >= 4 is 17.8 Å². The van der Waals surface area contributed by atoms with Crippen molar-refractivity contribution in [3.63, 3.8) is 0 Å². The monoisotopic (exact) mass is 414 g/mol. The van der Waals surface area contributed by atoms with E-state index in [1.165, 1.54) is 0 Å². The number of aromatic nitrogens is 2. The van der Waals surface area contributed by atoms with Gasteiger partial charge in [0.25, 0.3) is 0 Å². The highest BCUT2D eigenvalue weighted by molar-refractivity contribution is 5.92. The summed E-state index contributed by atoms with van der Waals surface area (Å²) >= 11 is 0. The first-order chi connectivity index (χ1) is 15.3. The number of amides is 1. The van der Waals surface area contributed by atoms with E-state index in [1.807, 2.05) is 65.6 Å². The fraction of sp³-hybridized carbons (Fsp3) is 0.208. The third kappa shape index (κ3) is 4.21. The van der Waals surface area contributed by atoms with Crippen LogP contribution in [0.4, 0.5) is 5.82 Å². The molecule has 1 fully saturated rings. The maximum Gasteiger partial charge on any atom is 0.246 e. The zero-order valence-electron chi connectivity index (χ0n) is 17.0. The number of hydrogen-bond acceptors (Lipinski definition) is 6. The van der Waals surface area contributed by atoms with Gasteiger partial charge in [-0.2, -0.15) is 0 Å². The van der Waals surface area contributed by atoms with Gasteiger partial charge in [0.1, 0.15) is 5.82 Å². The number of benzene rings is 2. The van der Waals surface area contributed by atoms with Crippen molar-refractivity contribution in [2.75, 3.05) is 37.9 Å². The first kappa shape index (κ1) is 19.1. The molecular weight excluding hydrogens is 392 g/mol. The molecule has 2 aliphatic heterocycles. The number of carbonyl (C=O) groups is 1. The Morgan fingerprint density at radius 2 is 1.74 bits per heavy atom. The summed E-state index contributed by atoms with van der Waals surface area (Å²) in [4.78, 5) is 25.8. The molecule has 7 heteroatoms. The van der Waals surface area contributed by atoms with Crippen LogP contribution >= 0.6 is 0 Å². The number of ether oxygens (including phenoxy) is 2. The van der Waals surface area contributed by atoms with Crippen molar-refractivity contribution in [1.29, 1.82) is 0 Å². The molecule has 0 unspecified atom stereocenters. The highest BCUT2D eigenvalue weighted by atomic mass is 16.7. The van der Waals surface area contributed by atoms with E-state index in [-0.39, 0.29) is 12.7 Å². The number of rotatable bonds is 4. The summed E-state index contributed by atoms with van der Waals surface area (Å²) in [7, 11) is 0. The van der Waals surface area contributed by atoms with Gasteiger partial charge in [0.2, 0.25) is 12.7 Å². The minimum Gasteiger partial charge on any atom is -0.454 e. The van der Waals surface area contributed by atoms with E-state index in [1.54, 1.807) is 12.3 Å². The maximum atomic E-state index is 12.6. The SMILES string of the molecule is O=C(/C=C/c1ccc2c(c1)OCO2)N1CCN(c2ccnc(-c3ccccc3)n2)CC1. The van der Waals surface area contributed by atoms with Crippen molar-refractivity contribution in [1.82, 2.24) is 14.9 Å². The fourth-order valence-corrected chi connectivity index (χ4v) is 3.70. The van der Waals surface area contributed by atoms with Crippen LogP contribution in [0.25, 0.3) is 17.5 Å². The minimum atomic E-state index is 0.00461. The predicted octanol–water partition coefficient (Wildman–Crippen LogP) is 3.23. The molecular formula is C24H22N4O3. The lowest BCUT2D eigenvalue weighted by Gasteiger charge is -2.35. The third-order valence-corrected chi connectivity index (χ3v) is 5.40. The molecule has 3 heterocycles. The van der Waals surface area contributed by atoms with E-state index in [9.17, 15) is 4.79 Å². The Bertz CT molecular complexity index is 1110. The molecule has 2 aromatic carbocycles. The minimum absolute atomic E-state index is 0.00461. The van der Waals surface area contributed by atoms with Gasteiger partial charge in [-0.05, 0) is 29.8 Å². The lowest BCUT2D eigenvalue weighted by atomic mass is 10.2. The Labute approximate surface area is 180 Å². The zero-order valence-corrected chi connectivity index (χ0v) is 17.0. The maximum absolute atomic E-state index is 12.6. The number of anilines is 1. The van der Waals surface area contributed by atoms with E-state index >= 15 is 0 Å². The van der Waals surface area contributed by atoms with Crippen LogP contribution in [0, 0.1) is 0 Å². The number of fused-ring (bicyclic) bond motifs is 1. The van der Waals surface area contributed by atoms with Gasteiger partial charge in [0.15, 0.2) is 17.3 Å².